The largest absolute Gasteiger partial charge is 0.415 e. The van der Waals surface area contributed by atoms with Crippen LogP contribution in [-0.4, -0.2) is 32.9 Å². The zero-order valence-electron chi connectivity index (χ0n) is 18.5. The predicted octanol–water partition coefficient (Wildman–Crippen LogP) is 3.79. The Kier molecular flexibility index (Phi) is 8.07. The molecule has 0 aromatic heterocycles. The van der Waals surface area contributed by atoms with Crippen molar-refractivity contribution in [2.45, 2.75) is 0 Å². The molecule has 0 saturated heterocycles. The van der Waals surface area contributed by atoms with E-state index in [1.54, 1.807) is 0 Å². The molecular weight excluding hydrogens is 490 g/mol. The van der Waals surface area contributed by atoms with Gasteiger partial charge in [-0.25, -0.2) is 10.2 Å². The number of carbonyl (C=O) groups is 2. The Morgan fingerprint density at radius 3 is 1.97 bits per heavy atom. The number of esters is 1. The molecule has 0 aliphatic heterocycles. The number of nitrogens with zero attached hydrogens (tertiary/aromatic N) is 4. The van der Waals surface area contributed by atoms with Crippen LogP contribution in [-0.2, 0) is 4.79 Å². The number of nitrogens with one attached hydrogen (secondary N) is 1. The number of amides is 1. The second-order valence-electron chi connectivity index (χ2n) is 7.06. The van der Waals surface area contributed by atoms with Crippen LogP contribution in [0.1, 0.15) is 21.5 Å². The van der Waals surface area contributed by atoms with Crippen LogP contribution in [0.25, 0.3) is 6.08 Å². The van der Waals surface area contributed by atoms with Gasteiger partial charge < -0.3 is 4.74 Å². The molecular formula is C23H15N5O9. The van der Waals surface area contributed by atoms with Crippen LogP contribution in [0.2, 0.25) is 0 Å². The number of hydrazone groups is 1. The molecule has 3 aromatic carbocycles. The van der Waals surface area contributed by atoms with Crippen LogP contribution in [0.3, 0.4) is 0 Å². The Labute approximate surface area is 206 Å². The van der Waals surface area contributed by atoms with Crippen LogP contribution in [0, 0.1) is 30.3 Å². The first kappa shape index (κ1) is 25.8. The highest BCUT2D eigenvalue weighted by Gasteiger charge is 2.20. The molecule has 1 amide bonds. The summed E-state index contributed by atoms with van der Waals surface area (Å²) in [5.74, 6) is -2.11. The monoisotopic (exact) mass is 505 g/mol. The van der Waals surface area contributed by atoms with Gasteiger partial charge in [0.2, 0.25) is 5.75 Å². The van der Waals surface area contributed by atoms with Crippen molar-refractivity contribution in [3.63, 3.8) is 0 Å². The number of hydrogen-bond donors (Lipinski definition) is 1. The van der Waals surface area contributed by atoms with Gasteiger partial charge in [0.25, 0.3) is 17.3 Å². The highest BCUT2D eigenvalue weighted by Crippen LogP contribution is 2.30. The minimum absolute atomic E-state index is 0.00437. The first-order valence-corrected chi connectivity index (χ1v) is 10.2. The summed E-state index contributed by atoms with van der Waals surface area (Å²) in [6.07, 6.45) is 3.31. The number of non-ortho nitro benzene ring substituents is 2. The minimum atomic E-state index is -0.975. The van der Waals surface area contributed by atoms with Gasteiger partial charge in [-0.05, 0) is 42.0 Å². The molecule has 3 aromatic rings. The highest BCUT2D eigenvalue weighted by molar-refractivity contribution is 5.96. The number of nitro groups is 3. The summed E-state index contributed by atoms with van der Waals surface area (Å²) >= 11 is 0. The maximum atomic E-state index is 12.3. The Morgan fingerprint density at radius 1 is 0.811 bits per heavy atom. The third kappa shape index (κ3) is 6.86. The quantitative estimate of drug-likeness (QED) is 0.112. The third-order valence-electron chi connectivity index (χ3n) is 4.65. The second kappa shape index (κ2) is 11.6. The second-order valence-corrected chi connectivity index (χ2v) is 7.06. The molecule has 0 aliphatic carbocycles. The topological polar surface area (TPSA) is 197 Å². The SMILES string of the molecule is O=C(/C=C/c1ccc([N+](=O)[O-])cc1)Oc1c(/C=N/NC(=O)c2ccc([N+](=O)[O-])cc2)cccc1[N+](=O)[O-]. The van der Waals surface area contributed by atoms with E-state index in [0.29, 0.717) is 5.56 Å². The molecule has 0 unspecified atom stereocenters. The molecule has 186 valence electrons. The van der Waals surface area contributed by atoms with Crippen molar-refractivity contribution >= 4 is 41.2 Å². The summed E-state index contributed by atoms with van der Waals surface area (Å²) in [5, 5.41) is 36.6. The van der Waals surface area contributed by atoms with Gasteiger partial charge in [0, 0.05) is 47.5 Å². The fourth-order valence-electron chi connectivity index (χ4n) is 2.86. The Morgan fingerprint density at radius 2 is 1.41 bits per heavy atom. The van der Waals surface area contributed by atoms with Crippen molar-refractivity contribution in [2.75, 3.05) is 0 Å². The molecule has 0 spiro atoms. The molecule has 14 heteroatoms. The van der Waals surface area contributed by atoms with Gasteiger partial charge in [0.1, 0.15) is 0 Å². The smallest absolute Gasteiger partial charge is 0.336 e. The van der Waals surface area contributed by atoms with Crippen molar-refractivity contribution < 1.29 is 29.1 Å². The van der Waals surface area contributed by atoms with Gasteiger partial charge in [-0.1, -0.05) is 6.07 Å². The number of ether oxygens (including phenoxy) is 1. The maximum Gasteiger partial charge on any atom is 0.336 e. The lowest BCUT2D eigenvalue weighted by molar-refractivity contribution is -0.385. The lowest BCUT2D eigenvalue weighted by atomic mass is 10.2. The third-order valence-corrected chi connectivity index (χ3v) is 4.65. The van der Waals surface area contributed by atoms with Gasteiger partial charge >= 0.3 is 11.7 Å². The molecule has 0 bridgehead atoms. The maximum absolute atomic E-state index is 12.3. The highest BCUT2D eigenvalue weighted by atomic mass is 16.6. The summed E-state index contributed by atoms with van der Waals surface area (Å²) in [6.45, 7) is 0. The Hall–Kier alpha value is -5.79. The fourth-order valence-corrected chi connectivity index (χ4v) is 2.86. The predicted molar refractivity (Wildman–Crippen MR) is 129 cm³/mol. The van der Waals surface area contributed by atoms with Crippen LogP contribution in [0.5, 0.6) is 5.75 Å². The summed E-state index contributed by atoms with van der Waals surface area (Å²) in [7, 11) is 0. The van der Waals surface area contributed by atoms with Crippen LogP contribution in [0.15, 0.2) is 77.9 Å². The van der Waals surface area contributed by atoms with Crippen LogP contribution >= 0.6 is 0 Å². The first-order chi connectivity index (χ1) is 17.7. The lowest BCUT2D eigenvalue weighted by Crippen LogP contribution is -2.17. The fraction of sp³-hybridized carbons (Fsp3) is 0. The summed E-state index contributed by atoms with van der Waals surface area (Å²) in [5.41, 5.74) is 1.81. The van der Waals surface area contributed by atoms with Gasteiger partial charge in [0.15, 0.2) is 0 Å². The van der Waals surface area contributed by atoms with Crippen molar-refractivity contribution in [3.05, 3.63) is 120 Å². The molecule has 0 aliphatic rings. The molecule has 1 N–H and O–H groups in total. The van der Waals surface area contributed by atoms with Gasteiger partial charge in [-0.15, -0.1) is 0 Å². The number of rotatable bonds is 9. The first-order valence-electron chi connectivity index (χ1n) is 10.2. The van der Waals surface area contributed by atoms with E-state index in [1.165, 1.54) is 54.6 Å². The van der Waals surface area contributed by atoms with E-state index in [9.17, 15) is 39.9 Å². The molecule has 37 heavy (non-hydrogen) atoms. The van der Waals surface area contributed by atoms with E-state index >= 15 is 0 Å². The van der Waals surface area contributed by atoms with E-state index in [4.69, 9.17) is 4.74 Å². The summed E-state index contributed by atoms with van der Waals surface area (Å²) in [6, 6.07) is 13.8. The zero-order chi connectivity index (χ0) is 26.9. The van der Waals surface area contributed by atoms with Crippen molar-refractivity contribution in [1.29, 1.82) is 0 Å². The Bertz CT molecular complexity index is 1430. The normalized spacial score (nSPS) is 10.8. The van der Waals surface area contributed by atoms with Crippen molar-refractivity contribution in [1.82, 2.24) is 5.43 Å². The van der Waals surface area contributed by atoms with E-state index in [2.05, 4.69) is 10.5 Å². The zero-order valence-corrected chi connectivity index (χ0v) is 18.5. The van der Waals surface area contributed by atoms with E-state index in [-0.39, 0.29) is 22.5 Å². The summed E-state index contributed by atoms with van der Waals surface area (Å²) in [4.78, 5) is 55.4. The minimum Gasteiger partial charge on any atom is -0.415 e. The molecule has 3 rings (SSSR count). The van der Waals surface area contributed by atoms with Crippen LogP contribution in [0.4, 0.5) is 17.1 Å². The molecule has 0 fully saturated rings. The molecule has 0 atom stereocenters. The molecule has 0 saturated carbocycles. The average Bonchev–Trinajstić information content (AvgIpc) is 2.88. The van der Waals surface area contributed by atoms with E-state index in [0.717, 1.165) is 30.5 Å². The molecule has 0 radical (unpaired) electrons. The lowest BCUT2D eigenvalue weighted by Gasteiger charge is -2.06. The molecule has 14 nitrogen and oxygen atoms in total. The van der Waals surface area contributed by atoms with Gasteiger partial charge in [0.05, 0.1) is 21.0 Å². The van der Waals surface area contributed by atoms with E-state index < -0.39 is 38.1 Å². The number of para-hydroxylation sites is 1. The van der Waals surface area contributed by atoms with Gasteiger partial charge in [-0.3, -0.25) is 35.1 Å². The van der Waals surface area contributed by atoms with Crippen molar-refractivity contribution in [3.8, 4) is 5.75 Å². The number of benzene rings is 3. The standard InChI is InChI=1S/C23H15N5O9/c29-21(13-6-15-4-9-18(10-5-15)26(31)32)37-22-17(2-1-3-20(22)28(35)36)14-24-25-23(30)16-7-11-19(12-8-16)27(33)34/h1-14H,(H,25,30)/b13-6+,24-14+. The number of hydrogen-bond acceptors (Lipinski definition) is 10. The van der Waals surface area contributed by atoms with Gasteiger partial charge in [-0.2, -0.15) is 5.10 Å². The summed E-state index contributed by atoms with van der Waals surface area (Å²) < 4.78 is 5.16. The number of nitro benzene ring substituents is 3. The van der Waals surface area contributed by atoms with Crippen molar-refractivity contribution in [2.24, 2.45) is 5.10 Å². The van der Waals surface area contributed by atoms with E-state index in [1.807, 2.05) is 0 Å². The van der Waals surface area contributed by atoms with Crippen LogP contribution < -0.4 is 10.2 Å². The molecule has 0 heterocycles. The average molecular weight is 505 g/mol. The Balaban J connectivity index is 1.75. The number of carbonyl (C=O) groups excluding carboxylic acids is 2.